The Hall–Kier alpha value is -3.01. The monoisotopic (exact) mass is 287 g/mol. The maximum Gasteiger partial charge on any atom is 0.272 e. The lowest BCUT2D eigenvalue weighted by Gasteiger charge is -2.10. The predicted octanol–water partition coefficient (Wildman–Crippen LogP) is 2.12. The van der Waals surface area contributed by atoms with Gasteiger partial charge in [-0.25, -0.2) is 4.39 Å². The summed E-state index contributed by atoms with van der Waals surface area (Å²) in [6, 6.07) is 7.91. The number of hydrogen-bond acceptors (Lipinski definition) is 4. The molecule has 0 unspecified atom stereocenters. The minimum Gasteiger partial charge on any atom is -0.307 e. The van der Waals surface area contributed by atoms with Crippen LogP contribution in [0.25, 0.3) is 0 Å². The van der Waals surface area contributed by atoms with E-state index in [4.69, 9.17) is 5.26 Å². The van der Waals surface area contributed by atoms with Crippen LogP contribution in [0.2, 0.25) is 0 Å². The number of hydrogen-bond donors (Lipinski definition) is 0. The SMILES string of the molecule is Cc1ccc(C#N)c(=O)n1Cc1cc(F)cc([N+](=O)[O-])c1. The van der Waals surface area contributed by atoms with Crippen molar-refractivity contribution in [2.24, 2.45) is 0 Å². The predicted molar refractivity (Wildman–Crippen MR) is 72.3 cm³/mol. The Morgan fingerprint density at radius 3 is 2.71 bits per heavy atom. The number of aromatic nitrogens is 1. The first-order valence-corrected chi connectivity index (χ1v) is 5.97. The highest BCUT2D eigenvalue weighted by Crippen LogP contribution is 2.17. The molecule has 2 aromatic rings. The van der Waals surface area contributed by atoms with Crippen LogP contribution in [0.3, 0.4) is 0 Å². The summed E-state index contributed by atoms with van der Waals surface area (Å²) < 4.78 is 14.7. The van der Waals surface area contributed by atoms with Crippen LogP contribution in [-0.4, -0.2) is 9.49 Å². The van der Waals surface area contributed by atoms with Crippen LogP contribution in [0.4, 0.5) is 10.1 Å². The van der Waals surface area contributed by atoms with Crippen molar-refractivity contribution in [2.75, 3.05) is 0 Å². The molecule has 0 atom stereocenters. The first-order valence-electron chi connectivity index (χ1n) is 5.97. The molecule has 0 N–H and O–H groups in total. The standard InChI is InChI=1S/C14H10FN3O3/c1-9-2-3-11(7-16)14(19)17(9)8-10-4-12(15)6-13(5-10)18(20)21/h2-6H,8H2,1H3. The minimum absolute atomic E-state index is 0.0356. The molecule has 1 aromatic heterocycles. The maximum absolute atomic E-state index is 13.4. The Labute approximate surface area is 118 Å². The number of nitro benzene ring substituents is 1. The summed E-state index contributed by atoms with van der Waals surface area (Å²) in [5.74, 6) is -0.749. The smallest absolute Gasteiger partial charge is 0.272 e. The molecule has 6 nitrogen and oxygen atoms in total. The minimum atomic E-state index is -0.749. The molecule has 106 valence electrons. The number of benzene rings is 1. The number of aryl methyl sites for hydroxylation is 1. The fourth-order valence-electron chi connectivity index (χ4n) is 1.96. The molecule has 0 aliphatic rings. The zero-order valence-corrected chi connectivity index (χ0v) is 11.0. The van der Waals surface area contributed by atoms with E-state index in [1.807, 2.05) is 0 Å². The van der Waals surface area contributed by atoms with Crippen molar-refractivity contribution in [3.63, 3.8) is 0 Å². The Morgan fingerprint density at radius 1 is 1.38 bits per heavy atom. The Kier molecular flexibility index (Phi) is 3.80. The Balaban J connectivity index is 2.51. The zero-order chi connectivity index (χ0) is 15.6. The average molecular weight is 287 g/mol. The lowest BCUT2D eigenvalue weighted by Crippen LogP contribution is -2.24. The fraction of sp³-hybridized carbons (Fsp3) is 0.143. The molecular weight excluding hydrogens is 277 g/mol. The van der Waals surface area contributed by atoms with Crippen LogP contribution in [0, 0.1) is 34.2 Å². The van der Waals surface area contributed by atoms with Gasteiger partial charge >= 0.3 is 0 Å². The van der Waals surface area contributed by atoms with E-state index >= 15 is 0 Å². The largest absolute Gasteiger partial charge is 0.307 e. The van der Waals surface area contributed by atoms with Gasteiger partial charge in [-0.15, -0.1) is 0 Å². The second-order valence-corrected chi connectivity index (χ2v) is 4.47. The van der Waals surface area contributed by atoms with E-state index in [0.717, 1.165) is 12.1 Å². The summed E-state index contributed by atoms with van der Waals surface area (Å²) in [6.45, 7) is 1.62. The summed E-state index contributed by atoms with van der Waals surface area (Å²) >= 11 is 0. The number of rotatable bonds is 3. The van der Waals surface area contributed by atoms with E-state index in [1.165, 1.54) is 16.7 Å². The topological polar surface area (TPSA) is 88.9 Å². The molecule has 0 aliphatic carbocycles. The summed E-state index contributed by atoms with van der Waals surface area (Å²) in [5.41, 5.74) is -0.0732. The molecule has 0 fully saturated rings. The molecule has 0 amide bonds. The van der Waals surface area contributed by atoms with Crippen LogP contribution in [-0.2, 0) is 6.54 Å². The van der Waals surface area contributed by atoms with Crippen LogP contribution in [0.1, 0.15) is 16.8 Å². The van der Waals surface area contributed by atoms with Crippen molar-refractivity contribution >= 4 is 5.69 Å². The van der Waals surface area contributed by atoms with Crippen LogP contribution >= 0.6 is 0 Å². The van der Waals surface area contributed by atoms with Gasteiger partial charge in [-0.2, -0.15) is 5.26 Å². The normalized spacial score (nSPS) is 10.1. The van der Waals surface area contributed by atoms with Gasteiger partial charge in [0, 0.05) is 11.8 Å². The molecule has 1 heterocycles. The van der Waals surface area contributed by atoms with Gasteiger partial charge in [-0.3, -0.25) is 14.9 Å². The number of nitro groups is 1. The van der Waals surface area contributed by atoms with Crippen LogP contribution < -0.4 is 5.56 Å². The number of halogens is 1. The highest BCUT2D eigenvalue weighted by molar-refractivity contribution is 5.36. The van der Waals surface area contributed by atoms with E-state index in [-0.39, 0.29) is 23.4 Å². The molecule has 2 rings (SSSR count). The van der Waals surface area contributed by atoms with Gasteiger partial charge in [-0.1, -0.05) is 0 Å². The third kappa shape index (κ3) is 2.95. The summed E-state index contributed by atoms with van der Waals surface area (Å²) in [5, 5.41) is 19.6. The third-order valence-electron chi connectivity index (χ3n) is 3.01. The molecule has 0 radical (unpaired) electrons. The first kappa shape index (κ1) is 14.4. The van der Waals surface area contributed by atoms with Gasteiger partial charge in [0.25, 0.3) is 11.2 Å². The Bertz CT molecular complexity index is 821. The van der Waals surface area contributed by atoms with E-state index < -0.39 is 16.3 Å². The van der Waals surface area contributed by atoms with Crippen molar-refractivity contribution in [3.8, 4) is 6.07 Å². The summed E-state index contributed by atoms with van der Waals surface area (Å²) in [4.78, 5) is 22.1. The van der Waals surface area contributed by atoms with Gasteiger partial charge in [0.15, 0.2) is 0 Å². The van der Waals surface area contributed by atoms with E-state index in [2.05, 4.69) is 0 Å². The highest BCUT2D eigenvalue weighted by atomic mass is 19.1. The molecule has 0 bridgehead atoms. The third-order valence-corrected chi connectivity index (χ3v) is 3.01. The van der Waals surface area contributed by atoms with E-state index in [1.54, 1.807) is 19.1 Å². The second-order valence-electron chi connectivity index (χ2n) is 4.47. The highest BCUT2D eigenvalue weighted by Gasteiger charge is 2.12. The van der Waals surface area contributed by atoms with Crippen LogP contribution in [0.15, 0.2) is 35.1 Å². The lowest BCUT2D eigenvalue weighted by molar-refractivity contribution is -0.385. The van der Waals surface area contributed by atoms with Gasteiger partial charge < -0.3 is 4.57 Å². The zero-order valence-electron chi connectivity index (χ0n) is 11.0. The average Bonchev–Trinajstić information content (AvgIpc) is 2.43. The number of nitriles is 1. The molecular formula is C14H10FN3O3. The summed E-state index contributed by atoms with van der Waals surface area (Å²) in [7, 11) is 0. The number of pyridine rings is 1. The number of nitrogens with zero attached hydrogens (tertiary/aromatic N) is 3. The molecule has 7 heteroatoms. The van der Waals surface area contributed by atoms with Crippen molar-refractivity contribution in [1.29, 1.82) is 5.26 Å². The first-order chi connectivity index (χ1) is 9.92. The molecule has 21 heavy (non-hydrogen) atoms. The molecule has 1 aromatic carbocycles. The molecule has 0 saturated carbocycles. The fourth-order valence-corrected chi connectivity index (χ4v) is 1.96. The van der Waals surface area contributed by atoms with Gasteiger partial charge in [-0.05, 0) is 30.7 Å². The number of non-ortho nitro benzene ring substituents is 1. The van der Waals surface area contributed by atoms with Crippen molar-refractivity contribution < 1.29 is 9.31 Å². The molecule has 0 spiro atoms. The quantitative estimate of drug-likeness (QED) is 0.639. The Morgan fingerprint density at radius 2 is 2.10 bits per heavy atom. The molecule has 0 aliphatic heterocycles. The van der Waals surface area contributed by atoms with E-state index in [9.17, 15) is 19.3 Å². The van der Waals surface area contributed by atoms with E-state index in [0.29, 0.717) is 5.69 Å². The maximum atomic E-state index is 13.4. The lowest BCUT2D eigenvalue weighted by atomic mass is 10.1. The van der Waals surface area contributed by atoms with Crippen molar-refractivity contribution in [2.45, 2.75) is 13.5 Å². The van der Waals surface area contributed by atoms with Gasteiger partial charge in [0.2, 0.25) is 0 Å². The summed E-state index contributed by atoms with van der Waals surface area (Å²) in [6.07, 6.45) is 0. The second kappa shape index (κ2) is 5.54. The molecule has 0 saturated heterocycles. The van der Waals surface area contributed by atoms with Crippen molar-refractivity contribution in [1.82, 2.24) is 4.57 Å². The van der Waals surface area contributed by atoms with Gasteiger partial charge in [0.05, 0.1) is 17.5 Å². The van der Waals surface area contributed by atoms with Crippen molar-refractivity contribution in [3.05, 3.63) is 73.4 Å². The van der Waals surface area contributed by atoms with Gasteiger partial charge in [0.1, 0.15) is 17.4 Å². The van der Waals surface area contributed by atoms with Crippen LogP contribution in [0.5, 0.6) is 0 Å².